The Balaban J connectivity index is 1.78. The van der Waals surface area contributed by atoms with Crippen LogP contribution in [-0.2, 0) is 4.79 Å². The average molecular weight is 277 g/mol. The summed E-state index contributed by atoms with van der Waals surface area (Å²) < 4.78 is 0. The summed E-state index contributed by atoms with van der Waals surface area (Å²) in [5.41, 5.74) is 0.969. The van der Waals surface area contributed by atoms with Crippen LogP contribution in [0.15, 0.2) is 12.3 Å². The molecule has 1 aliphatic heterocycles. The summed E-state index contributed by atoms with van der Waals surface area (Å²) in [6, 6.07) is 2.28. The maximum atomic E-state index is 11.7. The third-order valence-electron chi connectivity index (χ3n) is 3.57. The quantitative estimate of drug-likeness (QED) is 0.880. The van der Waals surface area contributed by atoms with Crippen molar-refractivity contribution < 1.29 is 4.79 Å². The molecular weight excluding hydrogens is 254 g/mol. The minimum Gasteiger partial charge on any atom is -0.351 e. The molecule has 1 saturated heterocycles. The van der Waals surface area contributed by atoms with Crippen LogP contribution in [0.25, 0.3) is 0 Å². The van der Waals surface area contributed by atoms with Crippen molar-refractivity contribution in [3.05, 3.63) is 18.0 Å². The standard InChI is InChI=1S/C14H23N5O/c1-11-4-7-15-14(16-11)17-12-5-8-19(9-6-12)10-13(20)18(2)3/h4,7,12H,5-6,8-10H2,1-3H3,(H,15,16,17). The third kappa shape index (κ3) is 4.16. The van der Waals surface area contributed by atoms with Crippen LogP contribution in [0.3, 0.4) is 0 Å². The highest BCUT2D eigenvalue weighted by Gasteiger charge is 2.21. The number of anilines is 1. The summed E-state index contributed by atoms with van der Waals surface area (Å²) >= 11 is 0. The first-order valence-corrected chi connectivity index (χ1v) is 7.03. The van der Waals surface area contributed by atoms with E-state index in [-0.39, 0.29) is 5.91 Å². The summed E-state index contributed by atoms with van der Waals surface area (Å²) in [6.45, 7) is 4.34. The van der Waals surface area contributed by atoms with Gasteiger partial charge in [-0.3, -0.25) is 9.69 Å². The highest BCUT2D eigenvalue weighted by molar-refractivity contribution is 5.77. The van der Waals surface area contributed by atoms with Crippen LogP contribution in [0.1, 0.15) is 18.5 Å². The third-order valence-corrected chi connectivity index (χ3v) is 3.57. The fraction of sp³-hybridized carbons (Fsp3) is 0.643. The van der Waals surface area contributed by atoms with E-state index in [1.165, 1.54) is 0 Å². The Kier molecular flexibility index (Phi) is 4.89. The van der Waals surface area contributed by atoms with Crippen LogP contribution in [0.5, 0.6) is 0 Å². The molecule has 20 heavy (non-hydrogen) atoms. The topological polar surface area (TPSA) is 61.4 Å². The minimum absolute atomic E-state index is 0.165. The Morgan fingerprint density at radius 1 is 1.45 bits per heavy atom. The second-order valence-electron chi connectivity index (χ2n) is 5.50. The van der Waals surface area contributed by atoms with Gasteiger partial charge in [0, 0.05) is 45.1 Å². The number of aromatic nitrogens is 2. The maximum Gasteiger partial charge on any atom is 0.236 e. The molecule has 1 N–H and O–H groups in total. The van der Waals surface area contributed by atoms with Gasteiger partial charge in [-0.15, -0.1) is 0 Å². The second kappa shape index (κ2) is 6.65. The van der Waals surface area contributed by atoms with Crippen molar-refractivity contribution in [1.82, 2.24) is 19.8 Å². The summed E-state index contributed by atoms with van der Waals surface area (Å²) in [5, 5.41) is 3.37. The number of nitrogens with one attached hydrogen (secondary N) is 1. The minimum atomic E-state index is 0.165. The van der Waals surface area contributed by atoms with Crippen molar-refractivity contribution in [3.63, 3.8) is 0 Å². The average Bonchev–Trinajstić information content (AvgIpc) is 2.41. The monoisotopic (exact) mass is 277 g/mol. The fourth-order valence-corrected chi connectivity index (χ4v) is 2.27. The molecule has 1 aliphatic rings. The summed E-state index contributed by atoms with van der Waals surface area (Å²) in [7, 11) is 3.59. The number of carbonyl (C=O) groups excluding carboxylic acids is 1. The van der Waals surface area contributed by atoms with E-state index in [9.17, 15) is 4.79 Å². The van der Waals surface area contributed by atoms with E-state index in [2.05, 4.69) is 20.2 Å². The first-order valence-electron chi connectivity index (χ1n) is 7.03. The van der Waals surface area contributed by atoms with Crippen molar-refractivity contribution in [2.75, 3.05) is 39.0 Å². The lowest BCUT2D eigenvalue weighted by Gasteiger charge is -2.32. The number of likely N-dealkylation sites (tertiary alicyclic amines) is 1. The van der Waals surface area contributed by atoms with Gasteiger partial charge in [0.15, 0.2) is 0 Å². The molecule has 0 radical (unpaired) electrons. The molecule has 0 saturated carbocycles. The number of carbonyl (C=O) groups is 1. The molecule has 0 spiro atoms. The molecule has 1 amide bonds. The maximum absolute atomic E-state index is 11.7. The van der Waals surface area contributed by atoms with Gasteiger partial charge in [-0.1, -0.05) is 0 Å². The Morgan fingerprint density at radius 2 is 2.15 bits per heavy atom. The van der Waals surface area contributed by atoms with Crippen LogP contribution in [0.4, 0.5) is 5.95 Å². The Bertz CT molecular complexity index is 455. The van der Waals surface area contributed by atoms with Gasteiger partial charge in [0.1, 0.15) is 0 Å². The number of nitrogens with zero attached hydrogens (tertiary/aromatic N) is 4. The Hall–Kier alpha value is -1.69. The number of aryl methyl sites for hydroxylation is 1. The molecule has 1 aromatic heterocycles. The molecule has 0 aromatic carbocycles. The van der Waals surface area contributed by atoms with Crippen LogP contribution >= 0.6 is 0 Å². The molecule has 0 bridgehead atoms. The van der Waals surface area contributed by atoms with Crippen molar-refractivity contribution in [3.8, 4) is 0 Å². The molecule has 0 atom stereocenters. The van der Waals surface area contributed by atoms with E-state index in [0.717, 1.165) is 31.6 Å². The first kappa shape index (κ1) is 14.7. The normalized spacial score (nSPS) is 16.9. The lowest BCUT2D eigenvalue weighted by molar-refractivity contribution is -0.130. The first-order chi connectivity index (χ1) is 9.54. The Labute approximate surface area is 120 Å². The van der Waals surface area contributed by atoms with Crippen LogP contribution in [-0.4, -0.2) is 65.4 Å². The van der Waals surface area contributed by atoms with Gasteiger partial charge in [-0.25, -0.2) is 9.97 Å². The molecule has 0 aliphatic carbocycles. The molecule has 0 unspecified atom stereocenters. The van der Waals surface area contributed by atoms with Crippen LogP contribution < -0.4 is 5.32 Å². The Morgan fingerprint density at radius 3 is 2.75 bits per heavy atom. The van der Waals surface area contributed by atoms with Crippen LogP contribution in [0.2, 0.25) is 0 Å². The van der Waals surface area contributed by atoms with E-state index < -0.39 is 0 Å². The van der Waals surface area contributed by atoms with E-state index in [4.69, 9.17) is 0 Å². The fourth-order valence-electron chi connectivity index (χ4n) is 2.27. The number of likely N-dealkylation sites (N-methyl/N-ethyl adjacent to an activating group) is 1. The molecule has 1 fully saturated rings. The van der Waals surface area contributed by atoms with E-state index in [0.29, 0.717) is 18.5 Å². The largest absolute Gasteiger partial charge is 0.351 e. The summed E-state index contributed by atoms with van der Waals surface area (Å²) in [6.07, 6.45) is 3.80. The molecule has 6 nitrogen and oxygen atoms in total. The van der Waals surface area contributed by atoms with Crippen molar-refractivity contribution in [1.29, 1.82) is 0 Å². The van der Waals surface area contributed by atoms with E-state index in [1.807, 2.05) is 13.0 Å². The van der Waals surface area contributed by atoms with Gasteiger partial charge in [-0.2, -0.15) is 0 Å². The molecular formula is C14H23N5O. The van der Waals surface area contributed by atoms with Gasteiger partial charge in [0.25, 0.3) is 0 Å². The lowest BCUT2D eigenvalue weighted by Crippen LogP contribution is -2.44. The van der Waals surface area contributed by atoms with Crippen LogP contribution in [0, 0.1) is 6.92 Å². The highest BCUT2D eigenvalue weighted by Crippen LogP contribution is 2.14. The van der Waals surface area contributed by atoms with E-state index >= 15 is 0 Å². The smallest absolute Gasteiger partial charge is 0.236 e. The number of amides is 1. The molecule has 110 valence electrons. The zero-order valence-electron chi connectivity index (χ0n) is 12.5. The van der Waals surface area contributed by atoms with E-state index in [1.54, 1.807) is 25.2 Å². The predicted molar refractivity (Wildman–Crippen MR) is 78.5 cm³/mol. The van der Waals surface area contributed by atoms with Gasteiger partial charge in [0.05, 0.1) is 6.54 Å². The SMILES string of the molecule is Cc1ccnc(NC2CCN(CC(=O)N(C)C)CC2)n1. The predicted octanol–water partition coefficient (Wildman–Crippen LogP) is 0.750. The highest BCUT2D eigenvalue weighted by atomic mass is 16.2. The molecule has 1 aromatic rings. The van der Waals surface area contributed by atoms with Gasteiger partial charge < -0.3 is 10.2 Å². The molecule has 2 heterocycles. The van der Waals surface area contributed by atoms with Gasteiger partial charge in [0.2, 0.25) is 11.9 Å². The van der Waals surface area contributed by atoms with Crippen molar-refractivity contribution in [2.45, 2.75) is 25.8 Å². The number of rotatable bonds is 4. The number of hydrogen-bond acceptors (Lipinski definition) is 5. The number of hydrogen-bond donors (Lipinski definition) is 1. The summed E-state index contributed by atoms with van der Waals surface area (Å²) in [5.74, 6) is 0.867. The zero-order chi connectivity index (χ0) is 14.5. The van der Waals surface area contributed by atoms with Crippen molar-refractivity contribution >= 4 is 11.9 Å². The van der Waals surface area contributed by atoms with Gasteiger partial charge >= 0.3 is 0 Å². The zero-order valence-corrected chi connectivity index (χ0v) is 12.5. The molecule has 2 rings (SSSR count). The second-order valence-corrected chi connectivity index (χ2v) is 5.50. The molecule has 6 heteroatoms. The van der Waals surface area contributed by atoms with Gasteiger partial charge in [-0.05, 0) is 25.8 Å². The summed E-state index contributed by atoms with van der Waals surface area (Å²) in [4.78, 5) is 24.1. The van der Waals surface area contributed by atoms with Crippen molar-refractivity contribution in [2.24, 2.45) is 0 Å². The lowest BCUT2D eigenvalue weighted by atomic mass is 10.1. The number of piperidine rings is 1.